The van der Waals surface area contributed by atoms with Crippen molar-refractivity contribution in [3.63, 3.8) is 0 Å². The number of hydrogen-bond acceptors (Lipinski definition) is 4. The van der Waals surface area contributed by atoms with Crippen LogP contribution < -0.4 is 9.80 Å². The lowest BCUT2D eigenvalue weighted by molar-refractivity contribution is -0.118. The van der Waals surface area contributed by atoms with E-state index in [0.29, 0.717) is 6.54 Å². The quantitative estimate of drug-likeness (QED) is 0.780. The predicted molar refractivity (Wildman–Crippen MR) is 95.8 cm³/mol. The summed E-state index contributed by atoms with van der Waals surface area (Å²) in [5.74, 6) is 0.507. The molecule has 132 valence electrons. The molecule has 0 atom stereocenters. The Kier molecular flexibility index (Phi) is 4.83. The van der Waals surface area contributed by atoms with Gasteiger partial charge in [0.15, 0.2) is 0 Å². The highest BCUT2D eigenvalue weighted by atomic mass is 32.2. The third-order valence-electron chi connectivity index (χ3n) is 4.71. The first-order valence-electron chi connectivity index (χ1n) is 8.43. The molecule has 2 aliphatic rings. The average molecular weight is 351 g/mol. The summed E-state index contributed by atoms with van der Waals surface area (Å²) >= 11 is 0. The molecule has 1 aromatic carbocycles. The molecule has 1 aliphatic heterocycles. The topological polar surface area (TPSA) is 60.9 Å². The van der Waals surface area contributed by atoms with E-state index in [-0.39, 0.29) is 18.1 Å². The smallest absolute Gasteiger partial charge is 0.228 e. The van der Waals surface area contributed by atoms with Crippen LogP contribution in [0.25, 0.3) is 0 Å². The Morgan fingerprint density at radius 1 is 1.17 bits per heavy atom. The molecule has 0 N–H and O–H groups in total. The van der Waals surface area contributed by atoms with E-state index in [1.165, 1.54) is 31.2 Å². The summed E-state index contributed by atoms with van der Waals surface area (Å²) in [6, 6.07) is 7.92. The molecule has 24 heavy (non-hydrogen) atoms. The second kappa shape index (κ2) is 6.72. The molecule has 0 bridgehead atoms. The minimum Gasteiger partial charge on any atom is -0.368 e. The molecular weight excluding hydrogens is 326 g/mol. The Bertz CT molecular complexity index is 714. The summed E-state index contributed by atoms with van der Waals surface area (Å²) in [6.07, 6.45) is 2.60. The van der Waals surface area contributed by atoms with E-state index >= 15 is 0 Å². The van der Waals surface area contributed by atoms with E-state index in [0.717, 1.165) is 30.4 Å². The second-order valence-corrected chi connectivity index (χ2v) is 9.07. The van der Waals surface area contributed by atoms with Crippen LogP contribution in [0.4, 0.5) is 11.4 Å². The number of rotatable bonds is 6. The maximum absolute atomic E-state index is 12.6. The first kappa shape index (κ1) is 17.2. The van der Waals surface area contributed by atoms with Crippen molar-refractivity contribution in [2.24, 2.45) is 5.92 Å². The van der Waals surface area contributed by atoms with E-state index in [1.54, 1.807) is 4.90 Å². The highest BCUT2D eigenvalue weighted by molar-refractivity contribution is 7.89. The van der Waals surface area contributed by atoms with Crippen LogP contribution in [0.15, 0.2) is 24.3 Å². The fourth-order valence-electron chi connectivity index (χ4n) is 3.02. The van der Waals surface area contributed by atoms with Crippen LogP contribution in [-0.4, -0.2) is 58.1 Å². The molecule has 0 saturated heterocycles. The van der Waals surface area contributed by atoms with Gasteiger partial charge in [-0.15, -0.1) is 0 Å². The Hall–Kier alpha value is -1.60. The number of para-hydroxylation sites is 2. The molecule has 1 fully saturated rings. The summed E-state index contributed by atoms with van der Waals surface area (Å²) in [4.78, 5) is 16.7. The number of fused-ring (bicyclic) bond motifs is 1. The van der Waals surface area contributed by atoms with Gasteiger partial charge in [-0.3, -0.25) is 4.79 Å². The van der Waals surface area contributed by atoms with Crippen molar-refractivity contribution in [1.29, 1.82) is 0 Å². The fraction of sp³-hybridized carbons (Fsp3) is 0.588. The number of sulfonamides is 1. The summed E-state index contributed by atoms with van der Waals surface area (Å²) < 4.78 is 24.9. The highest BCUT2D eigenvalue weighted by Gasteiger charge is 2.31. The Balaban J connectivity index is 1.72. The SMILES string of the molecule is CN(C)S(=O)(=O)CCC(=O)N1CCN(CC2CC2)c2ccccc21. The number of nitrogens with zero attached hydrogens (tertiary/aromatic N) is 3. The molecule has 7 heteroatoms. The summed E-state index contributed by atoms with van der Waals surface area (Å²) in [5, 5.41) is 0. The van der Waals surface area contributed by atoms with Crippen molar-refractivity contribution >= 4 is 27.3 Å². The molecule has 0 aromatic heterocycles. The average Bonchev–Trinajstić information content (AvgIpc) is 3.37. The molecule has 1 saturated carbocycles. The van der Waals surface area contributed by atoms with E-state index in [9.17, 15) is 13.2 Å². The lowest BCUT2D eigenvalue weighted by atomic mass is 10.1. The van der Waals surface area contributed by atoms with Crippen molar-refractivity contribution in [3.05, 3.63) is 24.3 Å². The van der Waals surface area contributed by atoms with Gasteiger partial charge in [-0.1, -0.05) is 12.1 Å². The van der Waals surface area contributed by atoms with E-state index in [2.05, 4.69) is 4.90 Å². The molecule has 6 nitrogen and oxygen atoms in total. The first-order valence-corrected chi connectivity index (χ1v) is 10.0. The number of benzene rings is 1. The summed E-state index contributed by atoms with van der Waals surface area (Å²) in [6.45, 7) is 2.47. The first-order chi connectivity index (χ1) is 11.4. The third-order valence-corrected chi connectivity index (χ3v) is 6.55. The third kappa shape index (κ3) is 3.72. The Morgan fingerprint density at radius 2 is 1.83 bits per heavy atom. The van der Waals surface area contributed by atoms with Crippen molar-refractivity contribution in [2.45, 2.75) is 19.3 Å². The van der Waals surface area contributed by atoms with Crippen LogP contribution in [0.1, 0.15) is 19.3 Å². The molecule has 1 amide bonds. The van der Waals surface area contributed by atoms with Crippen molar-refractivity contribution in [3.8, 4) is 0 Å². The van der Waals surface area contributed by atoms with Gasteiger partial charge in [0.1, 0.15) is 0 Å². The minimum absolute atomic E-state index is 0.0114. The Labute approximate surface area is 144 Å². The van der Waals surface area contributed by atoms with Gasteiger partial charge >= 0.3 is 0 Å². The van der Waals surface area contributed by atoms with Gasteiger partial charge in [-0.05, 0) is 30.9 Å². The minimum atomic E-state index is -3.35. The number of hydrogen-bond donors (Lipinski definition) is 0. The molecule has 1 heterocycles. The van der Waals surface area contributed by atoms with Gasteiger partial charge in [0, 0.05) is 40.2 Å². The van der Waals surface area contributed by atoms with E-state index < -0.39 is 10.0 Å². The van der Waals surface area contributed by atoms with Gasteiger partial charge in [-0.2, -0.15) is 0 Å². The van der Waals surface area contributed by atoms with Crippen LogP contribution in [0.2, 0.25) is 0 Å². The fourth-order valence-corrected chi connectivity index (χ4v) is 3.81. The van der Waals surface area contributed by atoms with Crippen LogP contribution in [-0.2, 0) is 14.8 Å². The zero-order chi connectivity index (χ0) is 17.3. The van der Waals surface area contributed by atoms with E-state index in [4.69, 9.17) is 0 Å². The normalized spacial score (nSPS) is 18.0. The number of carbonyl (C=O) groups is 1. The largest absolute Gasteiger partial charge is 0.368 e. The molecule has 3 rings (SSSR count). The molecule has 0 spiro atoms. The second-order valence-electron chi connectivity index (χ2n) is 6.77. The molecule has 1 aromatic rings. The maximum Gasteiger partial charge on any atom is 0.228 e. The van der Waals surface area contributed by atoms with Gasteiger partial charge in [0.25, 0.3) is 0 Å². The molecule has 0 unspecified atom stereocenters. The zero-order valence-corrected chi connectivity index (χ0v) is 15.1. The number of anilines is 2. The van der Waals surface area contributed by atoms with Gasteiger partial charge in [0.2, 0.25) is 15.9 Å². The van der Waals surface area contributed by atoms with Crippen LogP contribution in [0.5, 0.6) is 0 Å². The molecule has 0 radical (unpaired) electrons. The lowest BCUT2D eigenvalue weighted by Crippen LogP contribution is -2.45. The van der Waals surface area contributed by atoms with Gasteiger partial charge < -0.3 is 9.80 Å². The monoisotopic (exact) mass is 351 g/mol. The van der Waals surface area contributed by atoms with Gasteiger partial charge in [0.05, 0.1) is 17.1 Å². The van der Waals surface area contributed by atoms with Crippen molar-refractivity contribution in [1.82, 2.24) is 4.31 Å². The summed E-state index contributed by atoms with van der Waals surface area (Å²) in [5.41, 5.74) is 1.98. The Morgan fingerprint density at radius 3 is 2.46 bits per heavy atom. The highest BCUT2D eigenvalue weighted by Crippen LogP contribution is 2.37. The van der Waals surface area contributed by atoms with Crippen LogP contribution in [0, 0.1) is 5.92 Å². The van der Waals surface area contributed by atoms with Crippen LogP contribution >= 0.6 is 0 Å². The van der Waals surface area contributed by atoms with E-state index in [1.807, 2.05) is 24.3 Å². The standard InChI is InChI=1S/C17H25N3O3S/c1-18(2)24(22,23)12-9-17(21)20-11-10-19(13-14-7-8-14)15-5-3-4-6-16(15)20/h3-6,14H,7-13H2,1-2H3. The summed E-state index contributed by atoms with van der Waals surface area (Å²) in [7, 11) is -0.369. The van der Waals surface area contributed by atoms with Crippen molar-refractivity contribution in [2.75, 3.05) is 49.3 Å². The number of amides is 1. The predicted octanol–water partition coefficient (Wildman–Crippen LogP) is 1.53. The van der Waals surface area contributed by atoms with Crippen molar-refractivity contribution < 1.29 is 13.2 Å². The number of carbonyl (C=O) groups excluding carboxylic acids is 1. The molecular formula is C17H25N3O3S. The van der Waals surface area contributed by atoms with Crippen LogP contribution in [0.3, 0.4) is 0 Å². The van der Waals surface area contributed by atoms with Gasteiger partial charge in [-0.25, -0.2) is 12.7 Å². The molecule has 1 aliphatic carbocycles. The lowest BCUT2D eigenvalue weighted by Gasteiger charge is -2.38. The maximum atomic E-state index is 12.6. The zero-order valence-electron chi connectivity index (χ0n) is 14.3.